The zero-order chi connectivity index (χ0) is 13.9. The number of primary sulfonamides is 1. The molecule has 0 aromatic heterocycles. The molecule has 0 bridgehead atoms. The molecule has 0 atom stereocenters. The van der Waals surface area contributed by atoms with E-state index in [1.54, 1.807) is 12.1 Å². The normalized spacial score (nSPS) is 15.3. The van der Waals surface area contributed by atoms with Gasteiger partial charge in [-0.3, -0.25) is 0 Å². The van der Waals surface area contributed by atoms with Crippen LogP contribution in [0.4, 0.5) is 11.4 Å². The Bertz CT molecular complexity index is 594. The Morgan fingerprint density at radius 2 is 2.11 bits per heavy atom. The van der Waals surface area contributed by atoms with E-state index >= 15 is 0 Å². The van der Waals surface area contributed by atoms with E-state index in [0.717, 1.165) is 19.4 Å². The van der Waals surface area contributed by atoms with Crippen molar-refractivity contribution in [3.05, 3.63) is 29.8 Å². The summed E-state index contributed by atoms with van der Waals surface area (Å²) in [5.74, 6) is 0. The van der Waals surface area contributed by atoms with Crippen molar-refractivity contribution in [1.82, 2.24) is 0 Å². The van der Waals surface area contributed by atoms with Crippen LogP contribution in [-0.2, 0) is 10.0 Å². The van der Waals surface area contributed by atoms with Crippen LogP contribution in [0.25, 0.3) is 0 Å². The Balaban J connectivity index is 2.04. The van der Waals surface area contributed by atoms with Gasteiger partial charge in [-0.1, -0.05) is 17.7 Å². The van der Waals surface area contributed by atoms with Crippen LogP contribution in [0.15, 0.2) is 34.7 Å². The van der Waals surface area contributed by atoms with Gasteiger partial charge in [0.05, 0.1) is 11.4 Å². The molecule has 0 saturated heterocycles. The molecule has 0 fully saturated rings. The van der Waals surface area contributed by atoms with Crippen LogP contribution < -0.4 is 16.2 Å². The van der Waals surface area contributed by atoms with E-state index in [4.69, 9.17) is 10.9 Å². The summed E-state index contributed by atoms with van der Waals surface area (Å²) in [5, 5.41) is 8.28. The smallest absolute Gasteiger partial charge is 0.240 e. The second-order valence-corrected chi connectivity index (χ2v) is 6.22. The maximum atomic E-state index is 11.3. The third kappa shape index (κ3) is 3.48. The number of allylic oxidation sites excluding steroid dienone is 1. The Labute approximate surface area is 113 Å². The molecule has 5 nitrogen and oxygen atoms in total. The standard InChI is InChI=1S/C13H19N3O2S/c14-13-11(6-3-7-12(13)19(15,17)18)16-9-8-10-4-1-2-5-10/h3-4,6-7,16H,1-2,5,8-9,14H2,(H2,15,17,18). The molecule has 0 unspecified atom stereocenters. The summed E-state index contributed by atoms with van der Waals surface area (Å²) in [6.07, 6.45) is 6.79. The number of hydrogen-bond acceptors (Lipinski definition) is 4. The summed E-state index contributed by atoms with van der Waals surface area (Å²) in [7, 11) is -3.77. The first-order chi connectivity index (χ1) is 8.98. The molecule has 0 saturated carbocycles. The fourth-order valence-electron chi connectivity index (χ4n) is 2.27. The molecule has 6 heteroatoms. The number of hydrogen-bond donors (Lipinski definition) is 3. The van der Waals surface area contributed by atoms with Gasteiger partial charge >= 0.3 is 0 Å². The molecule has 0 amide bonds. The maximum Gasteiger partial charge on any atom is 0.240 e. The average molecular weight is 281 g/mol. The van der Waals surface area contributed by atoms with Crippen molar-refractivity contribution in [3.63, 3.8) is 0 Å². The molecule has 1 aliphatic rings. The van der Waals surface area contributed by atoms with Crippen molar-refractivity contribution < 1.29 is 8.42 Å². The lowest BCUT2D eigenvalue weighted by Crippen LogP contribution is -2.15. The molecule has 19 heavy (non-hydrogen) atoms. The summed E-state index contributed by atoms with van der Waals surface area (Å²) < 4.78 is 22.7. The first-order valence-electron chi connectivity index (χ1n) is 6.31. The molecule has 104 valence electrons. The van der Waals surface area contributed by atoms with Crippen LogP contribution in [0, 0.1) is 0 Å². The number of para-hydroxylation sites is 1. The molecular formula is C13H19N3O2S. The first-order valence-corrected chi connectivity index (χ1v) is 7.86. The summed E-state index contributed by atoms with van der Waals surface area (Å²) in [6.45, 7) is 0.740. The van der Waals surface area contributed by atoms with Gasteiger partial charge < -0.3 is 11.1 Å². The molecule has 0 radical (unpaired) electrons. The monoisotopic (exact) mass is 281 g/mol. The minimum Gasteiger partial charge on any atom is -0.396 e. The van der Waals surface area contributed by atoms with E-state index in [9.17, 15) is 8.42 Å². The van der Waals surface area contributed by atoms with Crippen molar-refractivity contribution >= 4 is 21.4 Å². The molecule has 2 rings (SSSR count). The molecular weight excluding hydrogens is 262 g/mol. The van der Waals surface area contributed by atoms with Crippen molar-refractivity contribution in [1.29, 1.82) is 0 Å². The van der Waals surface area contributed by atoms with Gasteiger partial charge in [0.1, 0.15) is 4.90 Å². The van der Waals surface area contributed by atoms with E-state index in [-0.39, 0.29) is 10.6 Å². The van der Waals surface area contributed by atoms with Crippen molar-refractivity contribution in [2.75, 3.05) is 17.6 Å². The average Bonchev–Trinajstić information content (AvgIpc) is 2.83. The second-order valence-electron chi connectivity index (χ2n) is 4.69. The van der Waals surface area contributed by atoms with Crippen LogP contribution in [0.1, 0.15) is 25.7 Å². The topological polar surface area (TPSA) is 98.2 Å². The highest BCUT2D eigenvalue weighted by Gasteiger charge is 2.14. The van der Waals surface area contributed by atoms with Crippen LogP contribution in [-0.4, -0.2) is 15.0 Å². The lowest BCUT2D eigenvalue weighted by atomic mass is 10.1. The number of nitrogens with two attached hydrogens (primary N) is 2. The van der Waals surface area contributed by atoms with Gasteiger partial charge in [-0.25, -0.2) is 13.6 Å². The van der Waals surface area contributed by atoms with Gasteiger partial charge in [-0.2, -0.15) is 0 Å². The van der Waals surface area contributed by atoms with E-state index < -0.39 is 10.0 Å². The molecule has 1 aliphatic carbocycles. The molecule has 0 spiro atoms. The zero-order valence-electron chi connectivity index (χ0n) is 10.7. The van der Waals surface area contributed by atoms with Crippen LogP contribution in [0.2, 0.25) is 0 Å². The van der Waals surface area contributed by atoms with Crippen molar-refractivity contribution in [2.24, 2.45) is 5.14 Å². The fourth-order valence-corrected chi connectivity index (χ4v) is 2.95. The SMILES string of the molecule is Nc1c(NCCC2=CCCC2)cccc1S(N)(=O)=O. The van der Waals surface area contributed by atoms with Gasteiger partial charge in [0.2, 0.25) is 10.0 Å². The van der Waals surface area contributed by atoms with Crippen molar-refractivity contribution in [3.8, 4) is 0 Å². The van der Waals surface area contributed by atoms with Crippen LogP contribution >= 0.6 is 0 Å². The Kier molecular flexibility index (Phi) is 4.11. The molecule has 1 aromatic carbocycles. The largest absolute Gasteiger partial charge is 0.396 e. The Hall–Kier alpha value is -1.53. The number of nitrogen functional groups attached to an aromatic ring is 1. The highest BCUT2D eigenvalue weighted by molar-refractivity contribution is 7.89. The predicted octanol–water partition coefficient (Wildman–Crippen LogP) is 1.83. The summed E-state index contributed by atoms with van der Waals surface area (Å²) in [5.41, 5.74) is 8.08. The molecule has 1 aromatic rings. The zero-order valence-corrected chi connectivity index (χ0v) is 11.5. The minimum atomic E-state index is -3.77. The molecule has 0 aliphatic heterocycles. The summed E-state index contributed by atoms with van der Waals surface area (Å²) in [6, 6.07) is 4.80. The first kappa shape index (κ1) is 13.9. The lowest BCUT2D eigenvalue weighted by molar-refractivity contribution is 0.598. The molecule has 0 heterocycles. The lowest BCUT2D eigenvalue weighted by Gasteiger charge is -2.12. The third-order valence-corrected chi connectivity index (χ3v) is 4.24. The van der Waals surface area contributed by atoms with Gasteiger partial charge in [-0.15, -0.1) is 0 Å². The number of sulfonamides is 1. The van der Waals surface area contributed by atoms with E-state index in [2.05, 4.69) is 11.4 Å². The quantitative estimate of drug-likeness (QED) is 0.566. The number of rotatable bonds is 5. The summed E-state index contributed by atoms with van der Waals surface area (Å²) >= 11 is 0. The second kappa shape index (κ2) is 5.63. The highest BCUT2D eigenvalue weighted by Crippen LogP contribution is 2.26. The Morgan fingerprint density at radius 1 is 1.32 bits per heavy atom. The van der Waals surface area contributed by atoms with E-state index in [1.165, 1.54) is 24.5 Å². The minimum absolute atomic E-state index is 0.0300. The van der Waals surface area contributed by atoms with E-state index in [0.29, 0.717) is 5.69 Å². The predicted molar refractivity (Wildman–Crippen MR) is 77.3 cm³/mol. The molecule has 5 N–H and O–H groups in total. The third-order valence-electron chi connectivity index (χ3n) is 3.27. The van der Waals surface area contributed by atoms with Gasteiger partial charge in [0.15, 0.2) is 0 Å². The van der Waals surface area contributed by atoms with Crippen LogP contribution in [0.3, 0.4) is 0 Å². The van der Waals surface area contributed by atoms with Gasteiger partial charge in [0, 0.05) is 6.54 Å². The fraction of sp³-hybridized carbons (Fsp3) is 0.385. The van der Waals surface area contributed by atoms with E-state index in [1.807, 2.05) is 0 Å². The van der Waals surface area contributed by atoms with Gasteiger partial charge in [0.25, 0.3) is 0 Å². The van der Waals surface area contributed by atoms with Gasteiger partial charge in [-0.05, 0) is 37.8 Å². The number of nitrogens with one attached hydrogen (secondary N) is 1. The maximum absolute atomic E-state index is 11.3. The Morgan fingerprint density at radius 3 is 2.74 bits per heavy atom. The summed E-state index contributed by atoms with van der Waals surface area (Å²) in [4.78, 5) is -0.0300. The number of anilines is 2. The highest BCUT2D eigenvalue weighted by atomic mass is 32.2. The van der Waals surface area contributed by atoms with Crippen molar-refractivity contribution in [2.45, 2.75) is 30.6 Å². The number of benzene rings is 1. The van der Waals surface area contributed by atoms with Crippen LogP contribution in [0.5, 0.6) is 0 Å².